The zero-order valence-electron chi connectivity index (χ0n) is 13.4. The van der Waals surface area contributed by atoms with Gasteiger partial charge in [0.15, 0.2) is 5.78 Å². The van der Waals surface area contributed by atoms with E-state index in [0.717, 1.165) is 28.1 Å². The topological polar surface area (TPSA) is 85.8 Å². The van der Waals surface area contributed by atoms with Gasteiger partial charge in [0.1, 0.15) is 6.04 Å². The lowest BCUT2D eigenvalue weighted by molar-refractivity contribution is -0.118. The second-order valence-corrected chi connectivity index (χ2v) is 8.01. The van der Waals surface area contributed by atoms with E-state index < -0.39 is 0 Å². The number of nitrogens with zero attached hydrogens (tertiary/aromatic N) is 3. The van der Waals surface area contributed by atoms with Gasteiger partial charge in [-0.1, -0.05) is 13.8 Å². The van der Waals surface area contributed by atoms with Crippen LogP contribution in [0.4, 0.5) is 11.9 Å². The second kappa shape index (κ2) is 4.67. The minimum atomic E-state index is -0.227. The number of anilines is 2. The molecule has 23 heavy (non-hydrogen) atoms. The number of aryl methyl sites for hydroxylation is 1. The van der Waals surface area contributed by atoms with Crippen molar-refractivity contribution in [3.8, 4) is 0 Å². The minimum Gasteiger partial charge on any atom is -0.366 e. The number of nitrogen functional groups attached to an aromatic ring is 1. The number of hydrogen-bond acceptors (Lipinski definition) is 6. The van der Waals surface area contributed by atoms with Gasteiger partial charge in [-0.25, -0.2) is 4.68 Å². The first-order valence-corrected chi connectivity index (χ1v) is 8.53. The van der Waals surface area contributed by atoms with Gasteiger partial charge in [0, 0.05) is 22.6 Å². The van der Waals surface area contributed by atoms with Gasteiger partial charge < -0.3 is 11.1 Å². The lowest BCUT2D eigenvalue weighted by Crippen LogP contribution is -2.36. The number of nitrogens with one attached hydrogen (secondary N) is 1. The summed E-state index contributed by atoms with van der Waals surface area (Å²) in [6.07, 6.45) is 1.37. The van der Waals surface area contributed by atoms with Crippen LogP contribution in [0.2, 0.25) is 0 Å². The number of fused-ring (bicyclic) bond motifs is 1. The van der Waals surface area contributed by atoms with Crippen molar-refractivity contribution >= 4 is 29.0 Å². The van der Waals surface area contributed by atoms with Gasteiger partial charge in [-0.15, -0.1) is 16.4 Å². The number of rotatable bonds is 1. The van der Waals surface area contributed by atoms with Crippen LogP contribution in [0.1, 0.15) is 43.2 Å². The van der Waals surface area contributed by atoms with Gasteiger partial charge in [0.25, 0.3) is 0 Å². The molecule has 4 rings (SSSR count). The van der Waals surface area contributed by atoms with E-state index in [-0.39, 0.29) is 23.2 Å². The highest BCUT2D eigenvalue weighted by Gasteiger charge is 2.42. The van der Waals surface area contributed by atoms with E-state index in [1.54, 1.807) is 16.0 Å². The van der Waals surface area contributed by atoms with E-state index in [2.05, 4.69) is 42.2 Å². The Labute approximate surface area is 138 Å². The molecule has 0 aromatic carbocycles. The number of carbonyl (C=O) groups excluding carboxylic acids is 1. The van der Waals surface area contributed by atoms with E-state index in [1.165, 1.54) is 0 Å². The summed E-state index contributed by atoms with van der Waals surface area (Å²) in [5, 5.41) is 9.67. The van der Waals surface area contributed by atoms with E-state index in [1.807, 2.05) is 5.38 Å². The van der Waals surface area contributed by atoms with Gasteiger partial charge in [0.05, 0.1) is 0 Å². The van der Waals surface area contributed by atoms with E-state index in [0.29, 0.717) is 12.4 Å². The number of hydrogen-bond donors (Lipinski definition) is 2. The van der Waals surface area contributed by atoms with Crippen molar-refractivity contribution in [2.45, 2.75) is 39.7 Å². The Hall–Kier alpha value is -2.15. The summed E-state index contributed by atoms with van der Waals surface area (Å²) in [6, 6.07) is 1.84. The van der Waals surface area contributed by atoms with Gasteiger partial charge >= 0.3 is 0 Å². The van der Waals surface area contributed by atoms with Crippen LogP contribution in [0.5, 0.6) is 0 Å². The summed E-state index contributed by atoms with van der Waals surface area (Å²) in [5.74, 6) is 1.02. The first-order chi connectivity index (χ1) is 10.9. The number of thiophene rings is 1. The quantitative estimate of drug-likeness (QED) is 0.840. The van der Waals surface area contributed by atoms with Gasteiger partial charge in [-0.2, -0.15) is 4.98 Å². The molecule has 1 atom stereocenters. The lowest BCUT2D eigenvalue weighted by atomic mass is 9.73. The molecule has 1 aliphatic heterocycles. The molecule has 2 aliphatic rings. The summed E-state index contributed by atoms with van der Waals surface area (Å²) in [6.45, 7) is 6.30. The molecular weight excluding hydrogens is 310 g/mol. The number of carbonyl (C=O) groups is 1. The van der Waals surface area contributed by atoms with Gasteiger partial charge in [-0.3, -0.25) is 4.79 Å². The van der Waals surface area contributed by atoms with Crippen LogP contribution in [0, 0.1) is 12.3 Å². The summed E-state index contributed by atoms with van der Waals surface area (Å²) >= 11 is 1.64. The summed E-state index contributed by atoms with van der Waals surface area (Å²) in [4.78, 5) is 18.3. The first-order valence-electron chi connectivity index (χ1n) is 7.65. The Morgan fingerprint density at radius 3 is 2.91 bits per heavy atom. The Kier molecular flexibility index (Phi) is 2.93. The highest BCUT2D eigenvalue weighted by atomic mass is 32.1. The third-order valence-corrected chi connectivity index (χ3v) is 5.57. The molecule has 6 nitrogen and oxygen atoms in total. The van der Waals surface area contributed by atoms with Crippen LogP contribution in [0.15, 0.2) is 22.7 Å². The average Bonchev–Trinajstić information content (AvgIpc) is 2.99. The Balaban J connectivity index is 1.94. The third kappa shape index (κ3) is 2.18. The maximum absolute atomic E-state index is 12.9. The summed E-state index contributed by atoms with van der Waals surface area (Å²) in [5.41, 5.74) is 8.69. The average molecular weight is 329 g/mol. The smallest absolute Gasteiger partial charge is 0.241 e. The van der Waals surface area contributed by atoms with Crippen LogP contribution >= 0.6 is 11.3 Å². The predicted octanol–water partition coefficient (Wildman–Crippen LogP) is 2.89. The van der Waals surface area contributed by atoms with E-state index in [9.17, 15) is 4.79 Å². The van der Waals surface area contributed by atoms with Gasteiger partial charge in [0.2, 0.25) is 11.9 Å². The van der Waals surface area contributed by atoms with Crippen molar-refractivity contribution in [2.75, 3.05) is 11.1 Å². The summed E-state index contributed by atoms with van der Waals surface area (Å²) in [7, 11) is 0. The Bertz CT molecular complexity index is 845. The Morgan fingerprint density at radius 1 is 1.43 bits per heavy atom. The fourth-order valence-electron chi connectivity index (χ4n) is 3.53. The van der Waals surface area contributed by atoms with Crippen molar-refractivity contribution in [3.05, 3.63) is 33.2 Å². The predicted molar refractivity (Wildman–Crippen MR) is 90.3 cm³/mol. The number of Topliss-reactive ketones (excluding diaryl/α,β-unsaturated/α-hetero) is 1. The fourth-order valence-corrected chi connectivity index (χ4v) is 4.55. The number of allylic oxidation sites excluding steroid dienone is 2. The highest BCUT2D eigenvalue weighted by Crippen LogP contribution is 2.46. The van der Waals surface area contributed by atoms with E-state index in [4.69, 9.17) is 5.73 Å². The van der Waals surface area contributed by atoms with E-state index >= 15 is 0 Å². The zero-order valence-corrected chi connectivity index (χ0v) is 14.2. The molecule has 2 aromatic rings. The maximum Gasteiger partial charge on any atom is 0.241 e. The van der Waals surface area contributed by atoms with Gasteiger partial charge in [-0.05, 0) is 35.8 Å². The molecule has 0 bridgehead atoms. The standard InChI is InChI=1S/C16H19N5OS/c1-8-4-5-23-13(8)12-11-9(6-16(2,3)7-10(11)22)18-15-19-14(17)20-21(12)15/h4-5,12H,6-7H2,1-3H3,(H3,17,18,19,20)/t12-/m1/s1. The molecule has 0 spiro atoms. The monoisotopic (exact) mass is 329 g/mol. The SMILES string of the molecule is Cc1ccsc1[C@H]1C2=C(CC(C)(C)CC2=O)Nc2nc(N)nn21. The molecule has 2 aromatic heterocycles. The third-order valence-electron chi connectivity index (χ3n) is 4.50. The van der Waals surface area contributed by atoms with Crippen molar-refractivity contribution in [2.24, 2.45) is 5.41 Å². The molecule has 120 valence electrons. The Morgan fingerprint density at radius 2 is 2.22 bits per heavy atom. The molecule has 0 amide bonds. The second-order valence-electron chi connectivity index (χ2n) is 7.07. The van der Waals surface area contributed by atoms with Crippen molar-refractivity contribution in [1.29, 1.82) is 0 Å². The molecule has 0 fully saturated rings. The van der Waals surface area contributed by atoms with Crippen molar-refractivity contribution in [1.82, 2.24) is 14.8 Å². The lowest BCUT2D eigenvalue weighted by Gasteiger charge is -2.38. The van der Waals surface area contributed by atoms with Crippen LogP contribution in [0.25, 0.3) is 0 Å². The van der Waals surface area contributed by atoms with Crippen LogP contribution in [-0.2, 0) is 4.79 Å². The number of ketones is 1. The minimum absolute atomic E-state index is 0.0499. The number of nitrogens with two attached hydrogens (primary N) is 1. The molecule has 3 N–H and O–H groups in total. The van der Waals surface area contributed by atoms with Crippen molar-refractivity contribution < 1.29 is 4.79 Å². The molecule has 7 heteroatoms. The largest absolute Gasteiger partial charge is 0.366 e. The van der Waals surface area contributed by atoms with Crippen LogP contribution in [-0.4, -0.2) is 20.5 Å². The van der Waals surface area contributed by atoms with Crippen molar-refractivity contribution in [3.63, 3.8) is 0 Å². The normalized spacial score (nSPS) is 22.6. The number of aromatic nitrogens is 3. The molecule has 0 saturated heterocycles. The molecule has 3 heterocycles. The first kappa shape index (κ1) is 14.4. The maximum atomic E-state index is 12.9. The van der Waals surface area contributed by atoms with Crippen LogP contribution < -0.4 is 11.1 Å². The fraction of sp³-hybridized carbons (Fsp3) is 0.438. The molecular formula is C16H19N5OS. The molecule has 0 saturated carbocycles. The molecule has 1 aliphatic carbocycles. The molecule has 0 radical (unpaired) electrons. The molecule has 0 unspecified atom stereocenters. The highest BCUT2D eigenvalue weighted by molar-refractivity contribution is 7.10. The van der Waals surface area contributed by atoms with Crippen LogP contribution in [0.3, 0.4) is 0 Å². The summed E-state index contributed by atoms with van der Waals surface area (Å²) < 4.78 is 1.75. The zero-order chi connectivity index (χ0) is 16.4.